The Morgan fingerprint density at radius 1 is 0.288 bits per heavy atom. The number of unbranched alkanes of at least 4 members (excludes halogenated alkanes) is 19. The van der Waals surface area contributed by atoms with Crippen molar-refractivity contribution in [2.24, 2.45) is 0 Å². The van der Waals surface area contributed by atoms with Crippen molar-refractivity contribution in [1.29, 1.82) is 0 Å². The summed E-state index contributed by atoms with van der Waals surface area (Å²) in [6, 6.07) is 0. The fourth-order valence-corrected chi connectivity index (χ4v) is 7.71. The molecule has 0 aliphatic rings. The first-order valence-corrected chi connectivity index (χ1v) is 29.7. The van der Waals surface area contributed by atoms with E-state index in [-0.39, 0.29) is 31.1 Å². The van der Waals surface area contributed by atoms with Crippen LogP contribution in [-0.2, 0) is 28.6 Å². The second kappa shape index (κ2) is 60.1. The van der Waals surface area contributed by atoms with Crippen molar-refractivity contribution in [3.8, 4) is 0 Å². The highest BCUT2D eigenvalue weighted by molar-refractivity contribution is 5.71. The predicted octanol–water partition coefficient (Wildman–Crippen LogP) is 20.2. The maximum Gasteiger partial charge on any atom is 0.306 e. The van der Waals surface area contributed by atoms with Crippen molar-refractivity contribution in [3.05, 3.63) is 134 Å². The van der Waals surface area contributed by atoms with Crippen LogP contribution in [0.4, 0.5) is 0 Å². The van der Waals surface area contributed by atoms with Crippen LogP contribution in [-0.4, -0.2) is 37.2 Å². The molecular formula is C67H108O6. The first-order valence-electron chi connectivity index (χ1n) is 29.7. The number of rotatable bonds is 52. The lowest BCUT2D eigenvalue weighted by Gasteiger charge is -2.18. The van der Waals surface area contributed by atoms with Gasteiger partial charge in [-0.3, -0.25) is 14.4 Å². The highest BCUT2D eigenvalue weighted by atomic mass is 16.6. The summed E-state index contributed by atoms with van der Waals surface area (Å²) < 4.78 is 16.8. The Balaban J connectivity index is 4.42. The topological polar surface area (TPSA) is 78.9 Å². The monoisotopic (exact) mass is 1010 g/mol. The van der Waals surface area contributed by atoms with Gasteiger partial charge in [0.25, 0.3) is 0 Å². The molecule has 1 atom stereocenters. The van der Waals surface area contributed by atoms with Crippen LogP contribution in [0.5, 0.6) is 0 Å². The number of esters is 3. The summed E-state index contributed by atoms with van der Waals surface area (Å²) in [6.07, 6.45) is 84.4. The number of carbonyl (C=O) groups excluding carboxylic acids is 3. The third-order valence-corrected chi connectivity index (χ3v) is 12.1. The zero-order chi connectivity index (χ0) is 52.9. The average Bonchev–Trinajstić information content (AvgIpc) is 3.39. The van der Waals surface area contributed by atoms with Gasteiger partial charge in [0.05, 0.1) is 0 Å². The van der Waals surface area contributed by atoms with E-state index >= 15 is 0 Å². The Hall–Kier alpha value is -4.45. The molecule has 0 amide bonds. The van der Waals surface area contributed by atoms with Gasteiger partial charge in [-0.15, -0.1) is 0 Å². The molecule has 6 nitrogen and oxygen atoms in total. The number of carbonyl (C=O) groups is 3. The van der Waals surface area contributed by atoms with Crippen LogP contribution in [0.2, 0.25) is 0 Å². The lowest BCUT2D eigenvalue weighted by molar-refractivity contribution is -0.167. The van der Waals surface area contributed by atoms with Crippen molar-refractivity contribution >= 4 is 17.9 Å². The molecule has 73 heavy (non-hydrogen) atoms. The minimum atomic E-state index is -0.802. The number of hydrogen-bond acceptors (Lipinski definition) is 6. The summed E-state index contributed by atoms with van der Waals surface area (Å²) in [5.74, 6) is -0.944. The Labute approximate surface area is 449 Å². The Kier molecular flexibility index (Phi) is 56.4. The minimum Gasteiger partial charge on any atom is -0.462 e. The molecule has 0 saturated heterocycles. The summed E-state index contributed by atoms with van der Waals surface area (Å²) in [6.45, 7) is 6.33. The molecule has 0 rings (SSSR count). The van der Waals surface area contributed by atoms with E-state index in [1.165, 1.54) is 57.8 Å². The van der Waals surface area contributed by atoms with Gasteiger partial charge in [-0.25, -0.2) is 0 Å². The van der Waals surface area contributed by atoms with Crippen molar-refractivity contribution in [1.82, 2.24) is 0 Å². The number of allylic oxidation sites excluding steroid dienone is 22. The molecule has 0 aromatic carbocycles. The van der Waals surface area contributed by atoms with E-state index in [1.54, 1.807) is 0 Å². The van der Waals surface area contributed by atoms with E-state index in [0.29, 0.717) is 19.3 Å². The van der Waals surface area contributed by atoms with E-state index in [2.05, 4.69) is 154 Å². The molecule has 0 aromatic rings. The molecule has 0 N–H and O–H groups in total. The third kappa shape index (κ3) is 58.3. The van der Waals surface area contributed by atoms with Crippen molar-refractivity contribution in [3.63, 3.8) is 0 Å². The fourth-order valence-electron chi connectivity index (χ4n) is 7.71. The molecular weight excluding hydrogens is 901 g/mol. The second-order valence-electron chi connectivity index (χ2n) is 19.1. The summed E-state index contributed by atoms with van der Waals surface area (Å²) in [5.41, 5.74) is 0. The maximum atomic E-state index is 12.9. The molecule has 0 saturated carbocycles. The van der Waals surface area contributed by atoms with Crippen LogP contribution >= 0.6 is 0 Å². The van der Waals surface area contributed by atoms with E-state index < -0.39 is 6.10 Å². The fraction of sp³-hybridized carbons (Fsp3) is 0.627. The van der Waals surface area contributed by atoms with Crippen LogP contribution in [0.25, 0.3) is 0 Å². The van der Waals surface area contributed by atoms with Crippen LogP contribution in [0.1, 0.15) is 252 Å². The first-order chi connectivity index (χ1) is 36.0. The molecule has 0 bridgehead atoms. The Morgan fingerprint density at radius 3 is 0.849 bits per heavy atom. The van der Waals surface area contributed by atoms with Crippen molar-refractivity contribution in [2.75, 3.05) is 13.2 Å². The normalized spacial score (nSPS) is 13.1. The molecule has 6 heteroatoms. The SMILES string of the molecule is CC/C=C\C/C=C\C/C=C\C/C=C\C/C=C\C/C=C\CCCCCCC(=O)OCC(COC(=O)CCCCCCC/C=C\CCCC)OC(=O)CCCCCCCCCC/C=C\C/C=C\C/C=C\C/C=C\CC. The summed E-state index contributed by atoms with van der Waals surface area (Å²) >= 11 is 0. The standard InChI is InChI=1S/C67H108O6/c1-4-7-10-13-16-19-22-24-26-28-30-32-33-35-36-38-40-42-45-48-51-54-57-60-66(69)72-63-64(62-71-65(68)59-56-53-50-47-44-21-18-15-12-9-6-3)73-67(70)61-58-55-52-49-46-43-41-39-37-34-31-29-27-25-23-20-17-14-11-8-5-2/h7-8,10-11,15-20,24-27,30-32,34-36,40,42,64H,4-6,9,12-14,21-23,28-29,33,37-39,41,43-63H2,1-3H3/b10-7-,11-8-,18-15-,19-16-,20-17-,26-24-,27-25-,32-30-,34-31-,36-35-,42-40-. The van der Waals surface area contributed by atoms with E-state index in [0.717, 1.165) is 154 Å². The molecule has 1 unspecified atom stereocenters. The highest BCUT2D eigenvalue weighted by Gasteiger charge is 2.19. The van der Waals surface area contributed by atoms with E-state index in [9.17, 15) is 14.4 Å². The summed E-state index contributed by atoms with van der Waals surface area (Å²) in [7, 11) is 0. The quantitative estimate of drug-likeness (QED) is 0.0261. The second-order valence-corrected chi connectivity index (χ2v) is 19.1. The summed E-state index contributed by atoms with van der Waals surface area (Å²) in [4.78, 5) is 38.2. The number of hydrogen-bond donors (Lipinski definition) is 0. The number of ether oxygens (including phenoxy) is 3. The molecule has 0 aromatic heterocycles. The van der Waals surface area contributed by atoms with Gasteiger partial charge in [0.2, 0.25) is 0 Å². The van der Waals surface area contributed by atoms with Gasteiger partial charge in [-0.1, -0.05) is 238 Å². The van der Waals surface area contributed by atoms with Gasteiger partial charge in [0.1, 0.15) is 13.2 Å². The Bertz CT molecular complexity index is 1580. The third-order valence-electron chi connectivity index (χ3n) is 12.1. The summed E-state index contributed by atoms with van der Waals surface area (Å²) in [5, 5.41) is 0. The average molecular weight is 1010 g/mol. The molecule has 0 aliphatic carbocycles. The Morgan fingerprint density at radius 2 is 0.534 bits per heavy atom. The van der Waals surface area contributed by atoms with Crippen LogP contribution in [0.15, 0.2) is 134 Å². The lowest BCUT2D eigenvalue weighted by Crippen LogP contribution is -2.30. The maximum absolute atomic E-state index is 12.9. The lowest BCUT2D eigenvalue weighted by atomic mass is 10.1. The smallest absolute Gasteiger partial charge is 0.306 e. The molecule has 0 aliphatic heterocycles. The molecule has 0 spiro atoms. The molecule has 412 valence electrons. The highest BCUT2D eigenvalue weighted by Crippen LogP contribution is 2.14. The zero-order valence-corrected chi connectivity index (χ0v) is 47.1. The van der Waals surface area contributed by atoms with Crippen molar-refractivity contribution < 1.29 is 28.6 Å². The van der Waals surface area contributed by atoms with Gasteiger partial charge < -0.3 is 14.2 Å². The van der Waals surface area contributed by atoms with Crippen LogP contribution in [0, 0.1) is 0 Å². The van der Waals surface area contributed by atoms with Gasteiger partial charge in [-0.2, -0.15) is 0 Å². The first kappa shape index (κ1) is 68.6. The largest absolute Gasteiger partial charge is 0.462 e. The van der Waals surface area contributed by atoms with E-state index in [4.69, 9.17) is 14.2 Å². The van der Waals surface area contributed by atoms with Gasteiger partial charge in [-0.05, 0) is 128 Å². The van der Waals surface area contributed by atoms with Gasteiger partial charge in [0.15, 0.2) is 6.10 Å². The molecule has 0 heterocycles. The van der Waals surface area contributed by atoms with Gasteiger partial charge in [0, 0.05) is 19.3 Å². The van der Waals surface area contributed by atoms with E-state index in [1.807, 2.05) is 0 Å². The molecule has 0 fully saturated rings. The van der Waals surface area contributed by atoms with Crippen LogP contribution in [0.3, 0.4) is 0 Å². The van der Waals surface area contributed by atoms with Crippen molar-refractivity contribution in [2.45, 2.75) is 258 Å². The van der Waals surface area contributed by atoms with Crippen LogP contribution < -0.4 is 0 Å². The minimum absolute atomic E-state index is 0.0981. The van der Waals surface area contributed by atoms with Gasteiger partial charge >= 0.3 is 17.9 Å². The zero-order valence-electron chi connectivity index (χ0n) is 47.1. The molecule has 0 radical (unpaired) electrons. The predicted molar refractivity (Wildman–Crippen MR) is 316 cm³/mol.